The maximum atomic E-state index is 9.53. The van der Waals surface area contributed by atoms with Crippen LogP contribution in [0.5, 0.6) is 0 Å². The van der Waals surface area contributed by atoms with E-state index in [-0.39, 0.29) is 6.10 Å². The first-order chi connectivity index (χ1) is 6.25. The zero-order chi connectivity index (χ0) is 9.26. The minimum Gasteiger partial charge on any atom is -0.393 e. The number of hydrogen-bond donors (Lipinski definition) is 1. The molecule has 0 bridgehead atoms. The minimum absolute atomic E-state index is 0.00432. The molecule has 0 aromatic carbocycles. The van der Waals surface area contributed by atoms with Crippen molar-refractivity contribution in [2.45, 2.75) is 51.2 Å². The van der Waals surface area contributed by atoms with Crippen LogP contribution in [-0.2, 0) is 0 Å². The second-order valence-electron chi connectivity index (χ2n) is 4.82. The monoisotopic (exact) mass is 183 g/mol. The fourth-order valence-corrected chi connectivity index (χ4v) is 2.60. The van der Waals surface area contributed by atoms with Crippen LogP contribution in [0, 0.1) is 5.92 Å². The van der Waals surface area contributed by atoms with E-state index in [4.69, 9.17) is 0 Å². The molecule has 3 atom stereocenters. The normalized spacial score (nSPS) is 41.5. The Morgan fingerprint density at radius 2 is 2.15 bits per heavy atom. The maximum Gasteiger partial charge on any atom is 0.0543 e. The summed E-state index contributed by atoms with van der Waals surface area (Å²) < 4.78 is 0. The molecule has 1 N–H and O–H groups in total. The molecule has 1 aliphatic heterocycles. The number of nitrogens with zero attached hydrogens (tertiary/aromatic N) is 1. The molecule has 0 amide bonds. The molecule has 2 heteroatoms. The van der Waals surface area contributed by atoms with Gasteiger partial charge < -0.3 is 10.0 Å². The maximum absolute atomic E-state index is 9.53. The first kappa shape index (κ1) is 9.47. The molecule has 2 fully saturated rings. The summed E-state index contributed by atoms with van der Waals surface area (Å²) in [5.41, 5.74) is 0. The van der Waals surface area contributed by atoms with Gasteiger partial charge in [-0.15, -0.1) is 0 Å². The molecule has 0 aromatic rings. The average molecular weight is 183 g/mol. The summed E-state index contributed by atoms with van der Waals surface area (Å²) in [5, 5.41) is 9.53. The summed E-state index contributed by atoms with van der Waals surface area (Å²) in [6.45, 7) is 4.83. The third kappa shape index (κ3) is 2.23. The van der Waals surface area contributed by atoms with Gasteiger partial charge >= 0.3 is 0 Å². The van der Waals surface area contributed by atoms with E-state index in [1.807, 2.05) is 0 Å². The fourth-order valence-electron chi connectivity index (χ4n) is 2.60. The topological polar surface area (TPSA) is 23.5 Å². The third-order valence-electron chi connectivity index (χ3n) is 3.71. The van der Waals surface area contributed by atoms with E-state index in [2.05, 4.69) is 11.8 Å². The Kier molecular flexibility index (Phi) is 2.89. The summed E-state index contributed by atoms with van der Waals surface area (Å²) >= 11 is 0. The largest absolute Gasteiger partial charge is 0.393 e. The molecule has 0 spiro atoms. The third-order valence-corrected chi connectivity index (χ3v) is 3.71. The molecule has 3 unspecified atom stereocenters. The molecular weight excluding hydrogens is 162 g/mol. The summed E-state index contributed by atoms with van der Waals surface area (Å²) in [5.74, 6) is 0.770. The van der Waals surface area contributed by atoms with Crippen molar-refractivity contribution in [2.75, 3.05) is 13.1 Å². The quantitative estimate of drug-likeness (QED) is 0.703. The molecule has 2 aliphatic rings. The van der Waals surface area contributed by atoms with Gasteiger partial charge in [0.25, 0.3) is 0 Å². The smallest absolute Gasteiger partial charge is 0.0543 e. The lowest BCUT2D eigenvalue weighted by molar-refractivity contribution is 0.0428. The molecule has 2 nitrogen and oxygen atoms in total. The molecular formula is C11H21NO. The molecule has 1 saturated carbocycles. The van der Waals surface area contributed by atoms with Crippen LogP contribution in [0.4, 0.5) is 0 Å². The highest BCUT2D eigenvalue weighted by Gasteiger charge is 2.28. The van der Waals surface area contributed by atoms with Crippen LogP contribution in [0.2, 0.25) is 0 Å². The van der Waals surface area contributed by atoms with Gasteiger partial charge in [0.2, 0.25) is 0 Å². The number of rotatable bonds is 2. The Morgan fingerprint density at radius 3 is 2.69 bits per heavy atom. The van der Waals surface area contributed by atoms with Crippen molar-refractivity contribution in [3.05, 3.63) is 0 Å². The van der Waals surface area contributed by atoms with E-state index in [1.54, 1.807) is 0 Å². The fraction of sp³-hybridized carbons (Fsp3) is 1.00. The van der Waals surface area contributed by atoms with Crippen molar-refractivity contribution in [3.63, 3.8) is 0 Å². The zero-order valence-corrected chi connectivity index (χ0v) is 8.58. The lowest BCUT2D eigenvalue weighted by Gasteiger charge is -2.42. The van der Waals surface area contributed by atoms with Crippen LogP contribution in [0.25, 0.3) is 0 Å². The van der Waals surface area contributed by atoms with Crippen molar-refractivity contribution in [3.8, 4) is 0 Å². The summed E-state index contributed by atoms with van der Waals surface area (Å²) in [6, 6.07) is 0.805. The molecule has 0 aromatic heterocycles. The van der Waals surface area contributed by atoms with Crippen LogP contribution in [0.15, 0.2) is 0 Å². The molecule has 1 saturated heterocycles. The van der Waals surface area contributed by atoms with E-state index in [0.717, 1.165) is 24.8 Å². The van der Waals surface area contributed by atoms with E-state index >= 15 is 0 Å². The Hall–Kier alpha value is -0.0800. The SMILES string of the molecule is CC1CCN1CC1CCCC(O)C1. The summed E-state index contributed by atoms with van der Waals surface area (Å²) in [7, 11) is 0. The van der Waals surface area contributed by atoms with E-state index < -0.39 is 0 Å². The van der Waals surface area contributed by atoms with Crippen LogP contribution in [0.3, 0.4) is 0 Å². The van der Waals surface area contributed by atoms with Crippen molar-refractivity contribution in [1.82, 2.24) is 4.90 Å². The van der Waals surface area contributed by atoms with Gasteiger partial charge in [0.1, 0.15) is 0 Å². The first-order valence-electron chi connectivity index (χ1n) is 5.68. The second-order valence-corrected chi connectivity index (χ2v) is 4.82. The van der Waals surface area contributed by atoms with E-state index in [9.17, 15) is 5.11 Å². The number of likely N-dealkylation sites (tertiary alicyclic amines) is 1. The van der Waals surface area contributed by atoms with Gasteiger partial charge in [0.05, 0.1) is 6.10 Å². The number of aliphatic hydroxyl groups excluding tert-OH is 1. The van der Waals surface area contributed by atoms with Crippen molar-refractivity contribution in [1.29, 1.82) is 0 Å². The second kappa shape index (κ2) is 3.97. The molecule has 1 heterocycles. The Bertz CT molecular complexity index is 171. The van der Waals surface area contributed by atoms with Gasteiger partial charge in [-0.1, -0.05) is 6.42 Å². The molecule has 2 rings (SSSR count). The highest BCUT2D eigenvalue weighted by atomic mass is 16.3. The van der Waals surface area contributed by atoms with Gasteiger partial charge in [0.15, 0.2) is 0 Å². The van der Waals surface area contributed by atoms with Crippen molar-refractivity contribution < 1.29 is 5.11 Å². The zero-order valence-electron chi connectivity index (χ0n) is 8.58. The predicted octanol–water partition coefficient (Wildman–Crippen LogP) is 1.63. The standard InChI is InChI=1S/C11H21NO/c1-9-5-6-12(9)8-10-3-2-4-11(13)7-10/h9-11,13H,2-8H2,1H3. The van der Waals surface area contributed by atoms with Crippen LogP contribution in [0.1, 0.15) is 39.0 Å². The first-order valence-corrected chi connectivity index (χ1v) is 5.68. The Morgan fingerprint density at radius 1 is 1.31 bits per heavy atom. The molecule has 1 aliphatic carbocycles. The van der Waals surface area contributed by atoms with Gasteiger partial charge in [-0.25, -0.2) is 0 Å². The van der Waals surface area contributed by atoms with Crippen LogP contribution in [-0.4, -0.2) is 35.2 Å². The predicted molar refractivity (Wildman–Crippen MR) is 53.6 cm³/mol. The van der Waals surface area contributed by atoms with Gasteiger partial charge in [-0.3, -0.25) is 0 Å². The van der Waals surface area contributed by atoms with Crippen molar-refractivity contribution >= 4 is 0 Å². The Labute approximate surface area is 80.9 Å². The van der Waals surface area contributed by atoms with Gasteiger partial charge in [-0.2, -0.15) is 0 Å². The van der Waals surface area contributed by atoms with E-state index in [1.165, 1.54) is 32.4 Å². The minimum atomic E-state index is -0.00432. The number of hydrogen-bond acceptors (Lipinski definition) is 2. The molecule has 0 radical (unpaired) electrons. The molecule has 76 valence electrons. The van der Waals surface area contributed by atoms with E-state index in [0.29, 0.717) is 0 Å². The van der Waals surface area contributed by atoms with Gasteiger partial charge in [-0.05, 0) is 45.1 Å². The Balaban J connectivity index is 1.74. The van der Waals surface area contributed by atoms with Gasteiger partial charge in [0, 0.05) is 12.6 Å². The number of aliphatic hydroxyl groups is 1. The molecule has 13 heavy (non-hydrogen) atoms. The lowest BCUT2D eigenvalue weighted by atomic mass is 9.86. The van der Waals surface area contributed by atoms with Crippen LogP contribution < -0.4 is 0 Å². The highest BCUT2D eigenvalue weighted by molar-refractivity contribution is 4.83. The summed E-state index contributed by atoms with van der Waals surface area (Å²) in [4.78, 5) is 2.56. The van der Waals surface area contributed by atoms with Crippen LogP contribution >= 0.6 is 0 Å². The average Bonchev–Trinajstić information content (AvgIpc) is 2.12. The van der Waals surface area contributed by atoms with Crippen molar-refractivity contribution in [2.24, 2.45) is 5.92 Å². The lowest BCUT2D eigenvalue weighted by Crippen LogP contribution is -2.48. The summed E-state index contributed by atoms with van der Waals surface area (Å²) in [6.07, 6.45) is 6.01. The highest BCUT2D eigenvalue weighted by Crippen LogP contribution is 2.27.